The number of rotatable bonds is 5. The highest BCUT2D eigenvalue weighted by atomic mass is 32.2. The fraction of sp³-hybridized carbons (Fsp3) is 0.318. The fourth-order valence-corrected chi connectivity index (χ4v) is 4.71. The summed E-state index contributed by atoms with van der Waals surface area (Å²) in [6.45, 7) is 0.967. The Labute approximate surface area is 186 Å². The lowest BCUT2D eigenvalue weighted by molar-refractivity contribution is -0.137. The molecule has 32 heavy (non-hydrogen) atoms. The zero-order valence-electron chi connectivity index (χ0n) is 16.9. The maximum Gasteiger partial charge on any atom is 0.416 e. The predicted molar refractivity (Wildman–Crippen MR) is 114 cm³/mol. The molecule has 1 saturated heterocycles. The van der Waals surface area contributed by atoms with Gasteiger partial charge in [0.25, 0.3) is 0 Å². The minimum atomic E-state index is -4.50. The van der Waals surface area contributed by atoms with E-state index in [2.05, 4.69) is 10.6 Å². The minimum Gasteiger partial charge on any atom is -0.352 e. The van der Waals surface area contributed by atoms with Gasteiger partial charge < -0.3 is 15.5 Å². The molecule has 1 fully saturated rings. The number of thioether (sulfide) groups is 1. The van der Waals surface area contributed by atoms with Gasteiger partial charge in [0, 0.05) is 36.5 Å². The highest BCUT2D eigenvalue weighted by molar-refractivity contribution is 8.01. The molecule has 3 amide bonds. The van der Waals surface area contributed by atoms with Crippen LogP contribution in [0, 0.1) is 0 Å². The van der Waals surface area contributed by atoms with Crippen LogP contribution in [0.1, 0.15) is 30.4 Å². The first-order chi connectivity index (χ1) is 15.2. The van der Waals surface area contributed by atoms with Crippen molar-refractivity contribution in [3.63, 3.8) is 0 Å². The molecule has 2 N–H and O–H groups in total. The summed E-state index contributed by atoms with van der Waals surface area (Å²) in [5.74, 6) is -0.742. The van der Waals surface area contributed by atoms with Gasteiger partial charge in [0.05, 0.1) is 16.5 Å². The highest BCUT2D eigenvalue weighted by Gasteiger charge is 2.34. The van der Waals surface area contributed by atoms with E-state index in [-0.39, 0.29) is 30.5 Å². The maximum atomic E-state index is 12.9. The molecule has 0 radical (unpaired) electrons. The Morgan fingerprint density at radius 1 is 1.16 bits per heavy atom. The monoisotopic (exact) mass is 463 g/mol. The van der Waals surface area contributed by atoms with E-state index < -0.39 is 22.9 Å². The molecule has 2 aliphatic heterocycles. The molecular weight excluding hydrogens is 443 g/mol. The average molecular weight is 463 g/mol. The van der Waals surface area contributed by atoms with Crippen molar-refractivity contribution in [2.24, 2.45) is 0 Å². The number of carbonyl (C=O) groups excluding carboxylic acids is 3. The zero-order valence-corrected chi connectivity index (χ0v) is 17.7. The normalized spacial score (nSPS) is 18.3. The topological polar surface area (TPSA) is 78.5 Å². The number of amides is 3. The Balaban J connectivity index is 1.31. The van der Waals surface area contributed by atoms with E-state index in [1.807, 2.05) is 24.3 Å². The number of benzene rings is 2. The SMILES string of the molecule is O=C(CC1Sc2ccc(C(F)(F)F)cc2NC1=O)NCc1ccc(N2CCCC2=O)cc1. The van der Waals surface area contributed by atoms with E-state index in [0.29, 0.717) is 17.9 Å². The molecule has 2 heterocycles. The van der Waals surface area contributed by atoms with Crippen LogP contribution in [-0.4, -0.2) is 29.5 Å². The van der Waals surface area contributed by atoms with E-state index in [4.69, 9.17) is 0 Å². The number of carbonyl (C=O) groups is 3. The van der Waals surface area contributed by atoms with Crippen molar-refractivity contribution in [2.45, 2.75) is 42.1 Å². The molecule has 168 valence electrons. The second kappa shape index (κ2) is 8.85. The summed E-state index contributed by atoms with van der Waals surface area (Å²) in [7, 11) is 0. The summed E-state index contributed by atoms with van der Waals surface area (Å²) in [6.07, 6.45) is -3.20. The third kappa shape index (κ3) is 4.90. The van der Waals surface area contributed by atoms with Gasteiger partial charge in [0.15, 0.2) is 0 Å². The van der Waals surface area contributed by atoms with Gasteiger partial charge in [0.1, 0.15) is 0 Å². The molecular formula is C22H20F3N3O3S. The first-order valence-corrected chi connectivity index (χ1v) is 10.9. The van der Waals surface area contributed by atoms with Crippen LogP contribution in [-0.2, 0) is 27.1 Å². The van der Waals surface area contributed by atoms with Gasteiger partial charge >= 0.3 is 6.18 Å². The van der Waals surface area contributed by atoms with Gasteiger partial charge in [-0.15, -0.1) is 11.8 Å². The second-order valence-electron chi connectivity index (χ2n) is 7.60. The molecule has 0 aliphatic carbocycles. The lowest BCUT2D eigenvalue weighted by Crippen LogP contribution is -2.34. The first kappa shape index (κ1) is 22.2. The smallest absolute Gasteiger partial charge is 0.352 e. The van der Waals surface area contributed by atoms with Gasteiger partial charge in [0.2, 0.25) is 17.7 Å². The van der Waals surface area contributed by atoms with Crippen molar-refractivity contribution in [1.29, 1.82) is 0 Å². The maximum absolute atomic E-state index is 12.9. The number of hydrogen-bond acceptors (Lipinski definition) is 4. The Hall–Kier alpha value is -3.01. The summed E-state index contributed by atoms with van der Waals surface area (Å²) in [4.78, 5) is 38.7. The number of fused-ring (bicyclic) bond motifs is 1. The molecule has 2 aliphatic rings. The fourth-order valence-electron chi connectivity index (χ4n) is 3.62. The van der Waals surface area contributed by atoms with Crippen LogP contribution >= 0.6 is 11.8 Å². The van der Waals surface area contributed by atoms with E-state index in [1.165, 1.54) is 6.07 Å². The van der Waals surface area contributed by atoms with Gasteiger partial charge in [-0.25, -0.2) is 0 Å². The van der Waals surface area contributed by atoms with Crippen molar-refractivity contribution in [3.05, 3.63) is 53.6 Å². The van der Waals surface area contributed by atoms with Crippen LogP contribution in [0.5, 0.6) is 0 Å². The lowest BCUT2D eigenvalue weighted by atomic mass is 10.1. The number of anilines is 2. The van der Waals surface area contributed by atoms with Crippen molar-refractivity contribution < 1.29 is 27.6 Å². The summed E-state index contributed by atoms with van der Waals surface area (Å²) < 4.78 is 38.6. The van der Waals surface area contributed by atoms with Crippen LogP contribution in [0.4, 0.5) is 24.5 Å². The van der Waals surface area contributed by atoms with E-state index in [0.717, 1.165) is 41.6 Å². The molecule has 10 heteroatoms. The van der Waals surface area contributed by atoms with Gasteiger partial charge in [-0.3, -0.25) is 14.4 Å². The molecule has 2 aromatic rings. The van der Waals surface area contributed by atoms with Crippen LogP contribution in [0.3, 0.4) is 0 Å². The molecule has 0 aromatic heterocycles. The van der Waals surface area contributed by atoms with Crippen molar-refractivity contribution in [2.75, 3.05) is 16.8 Å². The molecule has 2 aromatic carbocycles. The van der Waals surface area contributed by atoms with Crippen LogP contribution in [0.2, 0.25) is 0 Å². The third-order valence-corrected chi connectivity index (χ3v) is 6.58. The first-order valence-electron chi connectivity index (χ1n) is 10.1. The predicted octanol–water partition coefficient (Wildman–Crippen LogP) is 3.95. The third-order valence-electron chi connectivity index (χ3n) is 5.31. The summed E-state index contributed by atoms with van der Waals surface area (Å²) in [5.41, 5.74) is 0.932. The van der Waals surface area contributed by atoms with Crippen LogP contribution in [0.15, 0.2) is 47.4 Å². The number of alkyl halides is 3. The molecule has 0 saturated carbocycles. The van der Waals surface area contributed by atoms with Crippen LogP contribution < -0.4 is 15.5 Å². The molecule has 1 atom stereocenters. The molecule has 4 rings (SSSR count). The molecule has 0 bridgehead atoms. The quantitative estimate of drug-likeness (QED) is 0.704. The van der Waals surface area contributed by atoms with Gasteiger partial charge in [-0.2, -0.15) is 13.2 Å². The average Bonchev–Trinajstić information content (AvgIpc) is 3.18. The number of halogens is 3. The van der Waals surface area contributed by atoms with E-state index >= 15 is 0 Å². The largest absolute Gasteiger partial charge is 0.416 e. The lowest BCUT2D eigenvalue weighted by Gasteiger charge is -2.24. The summed E-state index contributed by atoms with van der Waals surface area (Å²) in [5, 5.41) is 4.49. The summed E-state index contributed by atoms with van der Waals surface area (Å²) >= 11 is 1.07. The van der Waals surface area contributed by atoms with Crippen LogP contribution in [0.25, 0.3) is 0 Å². The van der Waals surface area contributed by atoms with Gasteiger partial charge in [-0.1, -0.05) is 12.1 Å². The molecule has 6 nitrogen and oxygen atoms in total. The van der Waals surface area contributed by atoms with Crippen molar-refractivity contribution in [3.8, 4) is 0 Å². The standard InChI is InChI=1S/C22H20F3N3O3S/c23-22(24,25)14-5-8-17-16(10-14)27-21(31)18(32-17)11-19(29)26-12-13-3-6-15(7-4-13)28-9-1-2-20(28)30/h3-8,10,18H,1-2,9,11-12H2,(H,26,29)(H,27,31). The molecule has 1 unspecified atom stereocenters. The number of nitrogens with zero attached hydrogens (tertiary/aromatic N) is 1. The second-order valence-corrected chi connectivity index (χ2v) is 8.85. The van der Waals surface area contributed by atoms with Crippen molar-refractivity contribution in [1.82, 2.24) is 5.32 Å². The van der Waals surface area contributed by atoms with E-state index in [9.17, 15) is 27.6 Å². The van der Waals surface area contributed by atoms with Crippen molar-refractivity contribution >= 4 is 40.9 Å². The number of hydrogen-bond donors (Lipinski definition) is 2. The Morgan fingerprint density at radius 2 is 1.91 bits per heavy atom. The zero-order chi connectivity index (χ0) is 22.9. The Kier molecular flexibility index (Phi) is 6.14. The Morgan fingerprint density at radius 3 is 2.56 bits per heavy atom. The molecule has 0 spiro atoms. The minimum absolute atomic E-state index is 0.0999. The highest BCUT2D eigenvalue weighted by Crippen LogP contribution is 2.40. The summed E-state index contributed by atoms with van der Waals surface area (Å²) in [6, 6.07) is 10.5. The van der Waals surface area contributed by atoms with E-state index in [1.54, 1.807) is 4.90 Å². The Bertz CT molecular complexity index is 1060. The van der Waals surface area contributed by atoms with Gasteiger partial charge in [-0.05, 0) is 42.3 Å². The number of nitrogens with one attached hydrogen (secondary N) is 2.